The summed E-state index contributed by atoms with van der Waals surface area (Å²) in [6.07, 6.45) is 0. The van der Waals surface area contributed by atoms with Crippen molar-refractivity contribution in [2.75, 3.05) is 0 Å². The van der Waals surface area contributed by atoms with Crippen LogP contribution in [0.4, 0.5) is 8.78 Å². The monoisotopic (exact) mass is 250 g/mol. The Kier molecular flexibility index (Phi) is 3.58. The maximum absolute atomic E-state index is 13.6. The topological polar surface area (TPSA) is 29.5 Å². The van der Waals surface area contributed by atoms with Crippen LogP contribution in [0.2, 0.25) is 0 Å². The molecule has 4 heteroatoms. The molecule has 0 heterocycles. The highest BCUT2D eigenvalue weighted by atomic mass is 19.1. The van der Waals surface area contributed by atoms with Gasteiger partial charge < -0.3 is 9.84 Å². The molecule has 18 heavy (non-hydrogen) atoms. The van der Waals surface area contributed by atoms with Gasteiger partial charge in [-0.2, -0.15) is 0 Å². The number of para-hydroxylation sites is 1. The zero-order chi connectivity index (χ0) is 13.1. The van der Waals surface area contributed by atoms with Gasteiger partial charge >= 0.3 is 0 Å². The lowest BCUT2D eigenvalue weighted by molar-refractivity contribution is 0.274. The normalized spacial score (nSPS) is 10.4. The number of ether oxygens (including phenoxy) is 1. The zero-order valence-corrected chi connectivity index (χ0v) is 9.78. The van der Waals surface area contributed by atoms with Gasteiger partial charge in [0.1, 0.15) is 11.6 Å². The van der Waals surface area contributed by atoms with E-state index in [1.54, 1.807) is 13.0 Å². The van der Waals surface area contributed by atoms with Gasteiger partial charge in [-0.3, -0.25) is 0 Å². The van der Waals surface area contributed by atoms with Crippen LogP contribution >= 0.6 is 0 Å². The summed E-state index contributed by atoms with van der Waals surface area (Å²) in [7, 11) is 0. The third kappa shape index (κ3) is 2.49. The lowest BCUT2D eigenvalue weighted by Gasteiger charge is -2.11. The van der Waals surface area contributed by atoms with Crippen molar-refractivity contribution in [3.8, 4) is 11.5 Å². The summed E-state index contributed by atoms with van der Waals surface area (Å²) in [5, 5.41) is 9.11. The van der Waals surface area contributed by atoms with Gasteiger partial charge in [0.2, 0.25) is 0 Å². The van der Waals surface area contributed by atoms with Crippen molar-refractivity contribution in [3.63, 3.8) is 0 Å². The molecule has 2 nitrogen and oxygen atoms in total. The van der Waals surface area contributed by atoms with Crippen LogP contribution in [-0.4, -0.2) is 5.11 Å². The smallest absolute Gasteiger partial charge is 0.168 e. The number of rotatable bonds is 3. The third-order valence-electron chi connectivity index (χ3n) is 2.57. The Morgan fingerprint density at radius 2 is 1.89 bits per heavy atom. The molecule has 94 valence electrons. The molecule has 0 fully saturated rings. The van der Waals surface area contributed by atoms with Crippen LogP contribution in [0.1, 0.15) is 11.1 Å². The fourth-order valence-corrected chi connectivity index (χ4v) is 1.59. The minimum Gasteiger partial charge on any atom is -0.454 e. The first-order chi connectivity index (χ1) is 8.61. The molecule has 0 atom stereocenters. The lowest BCUT2D eigenvalue weighted by Crippen LogP contribution is -1.95. The van der Waals surface area contributed by atoms with Crippen LogP contribution < -0.4 is 4.74 Å². The number of aliphatic hydroxyl groups excluding tert-OH is 1. The average molecular weight is 250 g/mol. The van der Waals surface area contributed by atoms with E-state index in [2.05, 4.69) is 0 Å². The standard InChI is InChI=1S/C14H12F2O2/c1-9-7-11(5-6-12(9)15)18-14-10(8-17)3-2-4-13(14)16/h2-7,17H,8H2,1H3. The molecule has 0 unspecified atom stereocenters. The highest BCUT2D eigenvalue weighted by Crippen LogP contribution is 2.29. The van der Waals surface area contributed by atoms with E-state index >= 15 is 0 Å². The Labute approximate surface area is 103 Å². The van der Waals surface area contributed by atoms with Gasteiger partial charge in [-0.25, -0.2) is 8.78 Å². The number of hydrogen-bond acceptors (Lipinski definition) is 2. The minimum absolute atomic E-state index is 0.0361. The van der Waals surface area contributed by atoms with Crippen molar-refractivity contribution in [3.05, 3.63) is 59.2 Å². The van der Waals surface area contributed by atoms with E-state index in [9.17, 15) is 8.78 Å². The first-order valence-electron chi connectivity index (χ1n) is 5.44. The fraction of sp³-hybridized carbons (Fsp3) is 0.143. The number of aliphatic hydroxyl groups is 1. The second-order valence-corrected chi connectivity index (χ2v) is 3.90. The van der Waals surface area contributed by atoms with Crippen molar-refractivity contribution in [2.24, 2.45) is 0 Å². The maximum atomic E-state index is 13.6. The van der Waals surface area contributed by atoms with Crippen molar-refractivity contribution in [2.45, 2.75) is 13.5 Å². The second kappa shape index (κ2) is 5.14. The van der Waals surface area contributed by atoms with Crippen LogP contribution in [0.25, 0.3) is 0 Å². The van der Waals surface area contributed by atoms with E-state index in [4.69, 9.17) is 9.84 Å². The first kappa shape index (κ1) is 12.5. The third-order valence-corrected chi connectivity index (χ3v) is 2.57. The van der Waals surface area contributed by atoms with Gasteiger partial charge in [-0.05, 0) is 36.8 Å². The van der Waals surface area contributed by atoms with Gasteiger partial charge in [-0.15, -0.1) is 0 Å². The maximum Gasteiger partial charge on any atom is 0.168 e. The van der Waals surface area contributed by atoms with E-state index in [1.807, 2.05) is 0 Å². The van der Waals surface area contributed by atoms with E-state index < -0.39 is 5.82 Å². The molecule has 0 spiro atoms. The van der Waals surface area contributed by atoms with Crippen LogP contribution in [0, 0.1) is 18.6 Å². The summed E-state index contributed by atoms with van der Waals surface area (Å²) in [5.74, 6) is -0.624. The molecule has 0 bridgehead atoms. The molecular formula is C14H12F2O2. The number of hydrogen-bond donors (Lipinski definition) is 1. The quantitative estimate of drug-likeness (QED) is 0.902. The Bertz CT molecular complexity index is 568. The molecule has 0 aliphatic rings. The van der Waals surface area contributed by atoms with Crippen molar-refractivity contribution < 1.29 is 18.6 Å². The van der Waals surface area contributed by atoms with Gasteiger partial charge in [0.25, 0.3) is 0 Å². The molecule has 0 amide bonds. The highest BCUT2D eigenvalue weighted by Gasteiger charge is 2.11. The predicted octanol–water partition coefficient (Wildman–Crippen LogP) is 3.56. The summed E-state index contributed by atoms with van der Waals surface area (Å²) in [6.45, 7) is 1.27. The highest BCUT2D eigenvalue weighted by molar-refractivity contribution is 5.39. The van der Waals surface area contributed by atoms with Gasteiger partial charge in [0.15, 0.2) is 11.6 Å². The van der Waals surface area contributed by atoms with Gasteiger partial charge in [0.05, 0.1) is 6.61 Å². The summed E-state index contributed by atoms with van der Waals surface area (Å²) in [4.78, 5) is 0. The molecule has 2 aromatic carbocycles. The van der Waals surface area contributed by atoms with Crippen molar-refractivity contribution >= 4 is 0 Å². The molecule has 0 saturated carbocycles. The van der Waals surface area contributed by atoms with Crippen molar-refractivity contribution in [1.82, 2.24) is 0 Å². The summed E-state index contributed by atoms with van der Waals surface area (Å²) < 4.78 is 32.1. The van der Waals surface area contributed by atoms with Gasteiger partial charge in [-0.1, -0.05) is 12.1 Å². The zero-order valence-electron chi connectivity index (χ0n) is 9.78. The Morgan fingerprint density at radius 3 is 2.56 bits per heavy atom. The SMILES string of the molecule is Cc1cc(Oc2c(F)cccc2CO)ccc1F. The number of benzene rings is 2. The Balaban J connectivity index is 2.36. The van der Waals surface area contributed by atoms with Crippen LogP contribution in [0.15, 0.2) is 36.4 Å². The summed E-state index contributed by atoms with van der Waals surface area (Å²) >= 11 is 0. The molecule has 1 N–H and O–H groups in total. The number of aryl methyl sites for hydroxylation is 1. The summed E-state index contributed by atoms with van der Waals surface area (Å²) in [6, 6.07) is 8.44. The van der Waals surface area contributed by atoms with E-state index in [0.717, 1.165) is 0 Å². The largest absolute Gasteiger partial charge is 0.454 e. The van der Waals surface area contributed by atoms with E-state index in [-0.39, 0.29) is 18.2 Å². The fourth-order valence-electron chi connectivity index (χ4n) is 1.59. The van der Waals surface area contributed by atoms with Crippen LogP contribution in [-0.2, 0) is 6.61 Å². The molecule has 2 rings (SSSR count). The van der Waals surface area contributed by atoms with Crippen LogP contribution in [0.3, 0.4) is 0 Å². The second-order valence-electron chi connectivity index (χ2n) is 3.90. The van der Waals surface area contributed by atoms with E-state index in [0.29, 0.717) is 16.9 Å². The number of halogens is 2. The van der Waals surface area contributed by atoms with Crippen LogP contribution in [0.5, 0.6) is 11.5 Å². The van der Waals surface area contributed by atoms with Crippen molar-refractivity contribution in [1.29, 1.82) is 0 Å². The average Bonchev–Trinajstić information content (AvgIpc) is 2.36. The molecule has 0 radical (unpaired) electrons. The molecular weight excluding hydrogens is 238 g/mol. The lowest BCUT2D eigenvalue weighted by atomic mass is 10.2. The van der Waals surface area contributed by atoms with E-state index in [1.165, 1.54) is 30.3 Å². The molecule has 0 saturated heterocycles. The molecule has 0 aromatic heterocycles. The molecule has 2 aromatic rings. The first-order valence-corrected chi connectivity index (χ1v) is 5.44. The molecule has 0 aliphatic carbocycles. The predicted molar refractivity (Wildman–Crippen MR) is 63.5 cm³/mol. The molecule has 0 aliphatic heterocycles. The Hall–Kier alpha value is -1.94. The summed E-state index contributed by atoms with van der Waals surface area (Å²) in [5.41, 5.74) is 0.756. The van der Waals surface area contributed by atoms with Gasteiger partial charge in [0, 0.05) is 5.56 Å². The Morgan fingerprint density at radius 1 is 1.11 bits per heavy atom. The minimum atomic E-state index is -0.566.